The predicted octanol–water partition coefficient (Wildman–Crippen LogP) is 3.25. The number of hydrogen-bond donors (Lipinski definition) is 2. The van der Waals surface area contributed by atoms with Crippen LogP contribution in [-0.2, 0) is 0 Å². The molecule has 2 rings (SSSR count). The summed E-state index contributed by atoms with van der Waals surface area (Å²) in [5.41, 5.74) is 0.579. The quantitative estimate of drug-likeness (QED) is 0.765. The van der Waals surface area contributed by atoms with Crippen LogP contribution in [0.4, 0.5) is 10.5 Å². The van der Waals surface area contributed by atoms with E-state index in [1.165, 1.54) is 0 Å². The Labute approximate surface area is 131 Å². The van der Waals surface area contributed by atoms with Gasteiger partial charge in [0.2, 0.25) is 0 Å². The molecule has 0 atom stereocenters. The van der Waals surface area contributed by atoms with E-state index in [-0.39, 0.29) is 17.0 Å². The summed E-state index contributed by atoms with van der Waals surface area (Å²) in [5, 5.41) is 11.9. The van der Waals surface area contributed by atoms with E-state index in [0.29, 0.717) is 18.8 Å². The zero-order valence-corrected chi connectivity index (χ0v) is 13.6. The first-order valence-electron chi connectivity index (χ1n) is 6.37. The summed E-state index contributed by atoms with van der Waals surface area (Å²) < 4.78 is 0.820. The molecule has 1 aliphatic rings. The number of rotatable bonds is 2. The van der Waals surface area contributed by atoms with Gasteiger partial charge in [-0.15, -0.1) is 0 Å². The maximum absolute atomic E-state index is 12.2. The fraction of sp³-hybridized carbons (Fsp3) is 0.429. The van der Waals surface area contributed by atoms with Crippen molar-refractivity contribution in [2.75, 3.05) is 18.4 Å². The number of urea groups is 1. The molecule has 0 spiro atoms. The van der Waals surface area contributed by atoms with Crippen molar-refractivity contribution in [3.05, 3.63) is 27.3 Å². The Bertz CT molecular complexity index is 557. The average molecular weight is 388 g/mol. The van der Waals surface area contributed by atoms with Crippen LogP contribution in [0.1, 0.15) is 30.6 Å². The summed E-state index contributed by atoms with van der Waals surface area (Å²) in [6.07, 6.45) is 0.957. The molecule has 0 radical (unpaired) electrons. The van der Waals surface area contributed by atoms with Gasteiger partial charge in [0.25, 0.3) is 0 Å². The molecule has 0 aromatic heterocycles. The minimum Gasteiger partial charge on any atom is -0.478 e. The van der Waals surface area contributed by atoms with Crippen molar-refractivity contribution in [3.8, 4) is 0 Å². The molecule has 1 heterocycles. The molecule has 20 heavy (non-hydrogen) atoms. The number of nitrogens with one attached hydrogen (secondary N) is 1. The van der Waals surface area contributed by atoms with E-state index in [4.69, 9.17) is 0 Å². The van der Waals surface area contributed by atoms with Crippen molar-refractivity contribution in [1.82, 2.24) is 4.90 Å². The molecule has 0 unspecified atom stereocenters. The fourth-order valence-corrected chi connectivity index (χ4v) is 2.77. The van der Waals surface area contributed by atoms with Gasteiger partial charge in [-0.25, -0.2) is 9.59 Å². The third-order valence-electron chi connectivity index (χ3n) is 3.42. The molecule has 1 aromatic rings. The highest BCUT2D eigenvalue weighted by Gasteiger charge is 2.32. The van der Waals surface area contributed by atoms with E-state index in [2.05, 4.69) is 19.2 Å². The Morgan fingerprint density at radius 2 is 2.10 bits per heavy atom. The van der Waals surface area contributed by atoms with Crippen LogP contribution in [0, 0.1) is 8.99 Å². The maximum atomic E-state index is 12.2. The van der Waals surface area contributed by atoms with Crippen molar-refractivity contribution in [2.24, 2.45) is 5.41 Å². The van der Waals surface area contributed by atoms with Gasteiger partial charge in [-0.05, 0) is 52.6 Å². The van der Waals surface area contributed by atoms with Gasteiger partial charge in [0, 0.05) is 16.7 Å². The first-order chi connectivity index (χ1) is 9.28. The summed E-state index contributed by atoms with van der Waals surface area (Å²) in [6.45, 7) is 5.62. The van der Waals surface area contributed by atoms with Gasteiger partial charge in [-0.1, -0.05) is 13.8 Å². The summed E-state index contributed by atoms with van der Waals surface area (Å²) in [6, 6.07) is 4.71. The minimum absolute atomic E-state index is 0.115. The van der Waals surface area contributed by atoms with E-state index < -0.39 is 5.97 Å². The number of halogens is 1. The number of hydrogen-bond acceptors (Lipinski definition) is 2. The van der Waals surface area contributed by atoms with Crippen molar-refractivity contribution >= 4 is 40.3 Å². The highest BCUT2D eigenvalue weighted by molar-refractivity contribution is 14.1. The zero-order chi connectivity index (χ0) is 14.9. The van der Waals surface area contributed by atoms with Crippen LogP contribution < -0.4 is 5.32 Å². The lowest BCUT2D eigenvalue weighted by atomic mass is 9.93. The third-order valence-corrected chi connectivity index (χ3v) is 4.09. The first-order valence-corrected chi connectivity index (χ1v) is 7.45. The lowest BCUT2D eigenvalue weighted by Crippen LogP contribution is -2.34. The minimum atomic E-state index is -1.04. The number of carbonyl (C=O) groups is 2. The number of amides is 2. The van der Waals surface area contributed by atoms with Crippen LogP contribution in [0.5, 0.6) is 0 Å². The SMILES string of the molecule is CC1(C)CCN(C(=O)Nc2ccc(I)cc2C(=O)O)C1. The summed E-state index contributed by atoms with van der Waals surface area (Å²) >= 11 is 2.05. The lowest BCUT2D eigenvalue weighted by molar-refractivity contribution is 0.0698. The Morgan fingerprint density at radius 1 is 1.40 bits per heavy atom. The molecular weight excluding hydrogens is 371 g/mol. The van der Waals surface area contributed by atoms with Crippen LogP contribution in [-0.4, -0.2) is 35.1 Å². The van der Waals surface area contributed by atoms with Crippen LogP contribution >= 0.6 is 22.6 Å². The normalized spacial score (nSPS) is 17.1. The van der Waals surface area contributed by atoms with E-state index in [1.54, 1.807) is 23.1 Å². The van der Waals surface area contributed by atoms with Gasteiger partial charge in [-0.2, -0.15) is 0 Å². The van der Waals surface area contributed by atoms with Crippen LogP contribution in [0.15, 0.2) is 18.2 Å². The number of benzene rings is 1. The summed E-state index contributed by atoms with van der Waals surface area (Å²) in [4.78, 5) is 25.1. The van der Waals surface area contributed by atoms with Crippen molar-refractivity contribution < 1.29 is 14.7 Å². The van der Waals surface area contributed by atoms with Gasteiger partial charge in [-0.3, -0.25) is 0 Å². The smallest absolute Gasteiger partial charge is 0.337 e. The van der Waals surface area contributed by atoms with Crippen molar-refractivity contribution in [2.45, 2.75) is 20.3 Å². The molecule has 5 nitrogen and oxygen atoms in total. The van der Waals surface area contributed by atoms with Crippen LogP contribution in [0.2, 0.25) is 0 Å². The predicted molar refractivity (Wildman–Crippen MR) is 85.1 cm³/mol. The molecule has 0 saturated carbocycles. The number of carboxylic acids is 1. The number of aromatic carboxylic acids is 1. The van der Waals surface area contributed by atoms with Gasteiger partial charge in [0.1, 0.15) is 0 Å². The molecule has 2 amide bonds. The molecule has 1 aromatic carbocycles. The largest absolute Gasteiger partial charge is 0.478 e. The maximum Gasteiger partial charge on any atom is 0.337 e. The van der Waals surface area contributed by atoms with E-state index in [1.807, 2.05) is 22.6 Å². The highest BCUT2D eigenvalue weighted by atomic mass is 127. The Kier molecular flexibility index (Phi) is 4.22. The molecule has 108 valence electrons. The second kappa shape index (κ2) is 5.59. The van der Waals surface area contributed by atoms with Gasteiger partial charge >= 0.3 is 12.0 Å². The molecule has 1 aliphatic heterocycles. The summed E-state index contributed by atoms with van der Waals surface area (Å²) in [5.74, 6) is -1.04. The highest BCUT2D eigenvalue weighted by Crippen LogP contribution is 2.29. The van der Waals surface area contributed by atoms with Crippen molar-refractivity contribution in [1.29, 1.82) is 0 Å². The van der Waals surface area contributed by atoms with Crippen molar-refractivity contribution in [3.63, 3.8) is 0 Å². The van der Waals surface area contributed by atoms with E-state index in [9.17, 15) is 14.7 Å². The number of carbonyl (C=O) groups excluding carboxylic acids is 1. The number of likely N-dealkylation sites (tertiary alicyclic amines) is 1. The second-order valence-corrected chi connectivity index (χ2v) is 7.01. The topological polar surface area (TPSA) is 69.6 Å². The number of anilines is 1. The standard InChI is InChI=1S/C14H17IN2O3/c1-14(2)5-6-17(8-14)13(20)16-11-4-3-9(15)7-10(11)12(18)19/h3-4,7H,5-6,8H2,1-2H3,(H,16,20)(H,18,19). The fourth-order valence-electron chi connectivity index (χ4n) is 2.28. The number of carboxylic acid groups (broad SMARTS) is 1. The van der Waals surface area contributed by atoms with E-state index >= 15 is 0 Å². The summed E-state index contributed by atoms with van der Waals surface area (Å²) in [7, 11) is 0. The monoisotopic (exact) mass is 388 g/mol. The van der Waals surface area contributed by atoms with Crippen LogP contribution in [0.25, 0.3) is 0 Å². The van der Waals surface area contributed by atoms with Crippen LogP contribution in [0.3, 0.4) is 0 Å². The molecule has 6 heteroatoms. The molecule has 1 saturated heterocycles. The molecule has 0 aliphatic carbocycles. The van der Waals surface area contributed by atoms with Gasteiger partial charge in [0.05, 0.1) is 11.3 Å². The second-order valence-electron chi connectivity index (χ2n) is 5.76. The number of nitrogens with zero attached hydrogens (tertiary/aromatic N) is 1. The molecule has 1 fully saturated rings. The average Bonchev–Trinajstić information content (AvgIpc) is 2.71. The van der Waals surface area contributed by atoms with Gasteiger partial charge < -0.3 is 15.3 Å². The first kappa shape index (κ1) is 15.1. The molecule has 0 bridgehead atoms. The Morgan fingerprint density at radius 3 is 2.65 bits per heavy atom. The van der Waals surface area contributed by atoms with E-state index in [0.717, 1.165) is 9.99 Å². The Hall–Kier alpha value is -1.31. The Balaban J connectivity index is 2.14. The lowest BCUT2D eigenvalue weighted by Gasteiger charge is -2.20. The molecule has 2 N–H and O–H groups in total. The third kappa shape index (κ3) is 3.41. The zero-order valence-electron chi connectivity index (χ0n) is 11.4. The van der Waals surface area contributed by atoms with Gasteiger partial charge in [0.15, 0.2) is 0 Å². The molecular formula is C14H17IN2O3.